The smallest absolute Gasteiger partial charge is 0.119 e. The van der Waals surface area contributed by atoms with Crippen molar-refractivity contribution in [2.75, 3.05) is 7.11 Å². The molecule has 2 rings (SSSR count). The van der Waals surface area contributed by atoms with E-state index in [0.29, 0.717) is 6.10 Å². The second kappa shape index (κ2) is 5.29. The molecule has 1 aliphatic carbocycles. The van der Waals surface area contributed by atoms with Gasteiger partial charge in [-0.2, -0.15) is 0 Å². The summed E-state index contributed by atoms with van der Waals surface area (Å²) in [6.45, 7) is 4.11. The fourth-order valence-electron chi connectivity index (χ4n) is 1.90. The SMILES string of the molecule is COC(C)(C)CC(N)c1ccc(OC2CC2)cc1. The van der Waals surface area contributed by atoms with Gasteiger partial charge in [0.15, 0.2) is 0 Å². The Morgan fingerprint density at radius 1 is 1.28 bits per heavy atom. The Balaban J connectivity index is 1.95. The van der Waals surface area contributed by atoms with E-state index in [1.165, 1.54) is 12.8 Å². The molecular formula is C15H23NO2. The van der Waals surface area contributed by atoms with Crippen molar-refractivity contribution in [2.24, 2.45) is 5.73 Å². The molecule has 1 aliphatic rings. The largest absolute Gasteiger partial charge is 0.490 e. The average Bonchev–Trinajstić information content (AvgIpc) is 3.13. The molecule has 3 heteroatoms. The monoisotopic (exact) mass is 249 g/mol. The lowest BCUT2D eigenvalue weighted by atomic mass is 9.94. The normalized spacial score (nSPS) is 17.6. The fourth-order valence-corrected chi connectivity index (χ4v) is 1.90. The third-order valence-corrected chi connectivity index (χ3v) is 3.40. The summed E-state index contributed by atoms with van der Waals surface area (Å²) in [6, 6.07) is 8.11. The van der Waals surface area contributed by atoms with E-state index in [-0.39, 0.29) is 11.6 Å². The molecular weight excluding hydrogens is 226 g/mol. The number of methoxy groups -OCH3 is 1. The van der Waals surface area contributed by atoms with Gasteiger partial charge in [0.1, 0.15) is 5.75 Å². The second-order valence-corrected chi connectivity index (χ2v) is 5.66. The van der Waals surface area contributed by atoms with Crippen LogP contribution in [0.4, 0.5) is 0 Å². The van der Waals surface area contributed by atoms with Crippen molar-refractivity contribution in [3.63, 3.8) is 0 Å². The lowest BCUT2D eigenvalue weighted by Gasteiger charge is -2.26. The van der Waals surface area contributed by atoms with Crippen LogP contribution in [0.1, 0.15) is 44.7 Å². The first kappa shape index (κ1) is 13.4. The predicted molar refractivity (Wildman–Crippen MR) is 72.7 cm³/mol. The zero-order chi connectivity index (χ0) is 13.2. The summed E-state index contributed by atoms with van der Waals surface area (Å²) < 4.78 is 11.1. The molecule has 18 heavy (non-hydrogen) atoms. The summed E-state index contributed by atoms with van der Waals surface area (Å²) in [5.74, 6) is 0.944. The fraction of sp³-hybridized carbons (Fsp3) is 0.600. The summed E-state index contributed by atoms with van der Waals surface area (Å²) >= 11 is 0. The third kappa shape index (κ3) is 3.72. The standard InChI is InChI=1S/C15H23NO2/c1-15(2,17-3)10-14(16)11-4-6-12(7-5-11)18-13-8-9-13/h4-7,13-14H,8-10,16H2,1-3H3. The number of nitrogens with two attached hydrogens (primary N) is 1. The minimum absolute atomic E-state index is 0.00470. The van der Waals surface area contributed by atoms with Crippen LogP contribution in [0.3, 0.4) is 0 Å². The van der Waals surface area contributed by atoms with Crippen molar-refractivity contribution >= 4 is 0 Å². The quantitative estimate of drug-likeness (QED) is 0.842. The Labute approximate surface area is 109 Å². The highest BCUT2D eigenvalue weighted by Gasteiger charge is 2.24. The first-order chi connectivity index (χ1) is 8.50. The number of ether oxygens (including phenoxy) is 2. The highest BCUT2D eigenvalue weighted by molar-refractivity contribution is 5.29. The molecule has 1 unspecified atom stereocenters. The van der Waals surface area contributed by atoms with Gasteiger partial charge in [-0.25, -0.2) is 0 Å². The highest BCUT2D eigenvalue weighted by Crippen LogP contribution is 2.29. The van der Waals surface area contributed by atoms with E-state index >= 15 is 0 Å². The maximum absolute atomic E-state index is 6.20. The van der Waals surface area contributed by atoms with Crippen LogP contribution in [0.5, 0.6) is 5.75 Å². The number of hydrogen-bond acceptors (Lipinski definition) is 3. The topological polar surface area (TPSA) is 44.5 Å². The second-order valence-electron chi connectivity index (χ2n) is 5.66. The van der Waals surface area contributed by atoms with E-state index in [4.69, 9.17) is 15.2 Å². The lowest BCUT2D eigenvalue weighted by Crippen LogP contribution is -2.28. The van der Waals surface area contributed by atoms with Gasteiger partial charge < -0.3 is 15.2 Å². The van der Waals surface area contributed by atoms with Crippen LogP contribution < -0.4 is 10.5 Å². The minimum Gasteiger partial charge on any atom is -0.490 e. The van der Waals surface area contributed by atoms with E-state index < -0.39 is 0 Å². The van der Waals surface area contributed by atoms with Gasteiger partial charge in [0.05, 0.1) is 11.7 Å². The van der Waals surface area contributed by atoms with Gasteiger partial charge in [-0.05, 0) is 50.8 Å². The summed E-state index contributed by atoms with van der Waals surface area (Å²) in [6.07, 6.45) is 3.61. The van der Waals surface area contributed by atoms with Crippen LogP contribution in [0.2, 0.25) is 0 Å². The van der Waals surface area contributed by atoms with Crippen LogP contribution in [-0.2, 0) is 4.74 Å². The van der Waals surface area contributed by atoms with Crippen molar-refractivity contribution in [1.29, 1.82) is 0 Å². The average molecular weight is 249 g/mol. The predicted octanol–water partition coefficient (Wildman–Crippen LogP) is 3.04. The molecule has 2 N–H and O–H groups in total. The number of hydrogen-bond donors (Lipinski definition) is 1. The van der Waals surface area contributed by atoms with Gasteiger partial charge >= 0.3 is 0 Å². The Bertz CT molecular complexity index is 382. The maximum Gasteiger partial charge on any atom is 0.119 e. The summed E-state index contributed by atoms with van der Waals surface area (Å²) in [7, 11) is 1.72. The Morgan fingerprint density at radius 2 is 1.89 bits per heavy atom. The molecule has 0 heterocycles. The zero-order valence-corrected chi connectivity index (χ0v) is 11.5. The first-order valence-electron chi connectivity index (χ1n) is 6.57. The Kier molecular flexibility index (Phi) is 3.93. The molecule has 1 fully saturated rings. The van der Waals surface area contributed by atoms with Gasteiger partial charge in [0.25, 0.3) is 0 Å². The molecule has 1 saturated carbocycles. The minimum atomic E-state index is -0.192. The van der Waals surface area contributed by atoms with Crippen LogP contribution >= 0.6 is 0 Å². The molecule has 1 aromatic carbocycles. The molecule has 0 aliphatic heterocycles. The van der Waals surface area contributed by atoms with E-state index in [2.05, 4.69) is 13.8 Å². The highest BCUT2D eigenvalue weighted by atomic mass is 16.5. The van der Waals surface area contributed by atoms with Crippen molar-refractivity contribution in [3.8, 4) is 5.75 Å². The molecule has 0 radical (unpaired) electrons. The van der Waals surface area contributed by atoms with Gasteiger partial charge in [0.2, 0.25) is 0 Å². The molecule has 100 valence electrons. The van der Waals surface area contributed by atoms with Gasteiger partial charge in [-0.1, -0.05) is 12.1 Å². The molecule has 0 aromatic heterocycles. The molecule has 1 atom stereocenters. The molecule has 0 saturated heterocycles. The van der Waals surface area contributed by atoms with Gasteiger partial charge in [0, 0.05) is 13.2 Å². The van der Waals surface area contributed by atoms with E-state index in [1.807, 2.05) is 24.3 Å². The summed E-state index contributed by atoms with van der Waals surface area (Å²) in [4.78, 5) is 0. The first-order valence-corrected chi connectivity index (χ1v) is 6.57. The van der Waals surface area contributed by atoms with E-state index in [9.17, 15) is 0 Å². The van der Waals surface area contributed by atoms with Gasteiger partial charge in [-0.3, -0.25) is 0 Å². The van der Waals surface area contributed by atoms with Crippen molar-refractivity contribution in [3.05, 3.63) is 29.8 Å². The van der Waals surface area contributed by atoms with Gasteiger partial charge in [-0.15, -0.1) is 0 Å². The summed E-state index contributed by atoms with van der Waals surface area (Å²) in [5, 5.41) is 0. The zero-order valence-electron chi connectivity index (χ0n) is 11.5. The van der Waals surface area contributed by atoms with Crippen molar-refractivity contribution in [2.45, 2.75) is 50.9 Å². The Hall–Kier alpha value is -1.06. The summed E-state index contributed by atoms with van der Waals surface area (Å²) in [5.41, 5.74) is 7.14. The van der Waals surface area contributed by atoms with E-state index in [0.717, 1.165) is 17.7 Å². The van der Waals surface area contributed by atoms with Crippen LogP contribution in [0.15, 0.2) is 24.3 Å². The number of rotatable bonds is 6. The van der Waals surface area contributed by atoms with Crippen molar-refractivity contribution in [1.82, 2.24) is 0 Å². The molecule has 1 aromatic rings. The third-order valence-electron chi connectivity index (χ3n) is 3.40. The molecule has 3 nitrogen and oxygen atoms in total. The van der Waals surface area contributed by atoms with Crippen LogP contribution in [0, 0.1) is 0 Å². The molecule has 0 bridgehead atoms. The molecule has 0 amide bonds. The van der Waals surface area contributed by atoms with Crippen molar-refractivity contribution < 1.29 is 9.47 Å². The maximum atomic E-state index is 6.20. The van der Waals surface area contributed by atoms with Crippen LogP contribution in [-0.4, -0.2) is 18.8 Å². The number of benzene rings is 1. The lowest BCUT2D eigenvalue weighted by molar-refractivity contribution is 0.00995. The molecule has 0 spiro atoms. The van der Waals surface area contributed by atoms with E-state index in [1.54, 1.807) is 7.11 Å². The Morgan fingerprint density at radius 3 is 2.39 bits per heavy atom. The van der Waals surface area contributed by atoms with Crippen LogP contribution in [0.25, 0.3) is 0 Å².